The Morgan fingerprint density at radius 2 is 1.67 bits per heavy atom. The van der Waals surface area contributed by atoms with Gasteiger partial charge in [-0.25, -0.2) is 4.39 Å². The predicted octanol–water partition coefficient (Wildman–Crippen LogP) is 1.91. The Balaban J connectivity index is 0.00000288. The number of carbonyl (C=O) groups is 2. The summed E-state index contributed by atoms with van der Waals surface area (Å²) in [5, 5.41) is 0. The lowest BCUT2D eigenvalue weighted by Gasteiger charge is -2.26. The number of amides is 2. The maximum Gasteiger partial charge on any atom is 0.256 e. The molecular formula is C17H25ClFN3O2. The van der Waals surface area contributed by atoms with E-state index in [2.05, 4.69) is 0 Å². The Kier molecular flexibility index (Phi) is 7.63. The molecular weight excluding hydrogens is 333 g/mol. The van der Waals surface area contributed by atoms with E-state index in [1.165, 1.54) is 12.1 Å². The third-order valence-electron chi connectivity index (χ3n) is 4.20. The summed E-state index contributed by atoms with van der Waals surface area (Å²) in [6.45, 7) is 5.72. The molecule has 0 bridgehead atoms. The molecule has 1 aromatic carbocycles. The molecule has 1 atom stereocenters. The molecule has 1 aliphatic rings. The van der Waals surface area contributed by atoms with Crippen LogP contribution in [0.25, 0.3) is 0 Å². The minimum atomic E-state index is -0.524. The minimum Gasteiger partial charge on any atom is -0.340 e. The van der Waals surface area contributed by atoms with Crippen molar-refractivity contribution in [2.24, 2.45) is 11.7 Å². The highest BCUT2D eigenvalue weighted by atomic mass is 35.5. The van der Waals surface area contributed by atoms with Crippen LogP contribution in [-0.2, 0) is 4.79 Å². The average Bonchev–Trinajstić information content (AvgIpc) is 2.79. The standard InChI is InChI=1S/C17H24FN3O2.ClH/c1-12(2)15(19)17(23)21-9-5-8-20(10-11-21)16(22)13-6-3-4-7-14(13)18;/h3-4,6-7,12,15H,5,8-11,19H2,1-2H3;1H/t15-;/m0./s1. The van der Waals surface area contributed by atoms with Crippen LogP contribution in [0, 0.1) is 11.7 Å². The molecule has 1 aliphatic heterocycles. The van der Waals surface area contributed by atoms with Crippen molar-refractivity contribution >= 4 is 24.2 Å². The van der Waals surface area contributed by atoms with E-state index in [9.17, 15) is 14.0 Å². The molecule has 0 aliphatic carbocycles. The molecule has 2 rings (SSSR count). The third-order valence-corrected chi connectivity index (χ3v) is 4.20. The molecule has 1 aromatic rings. The summed E-state index contributed by atoms with van der Waals surface area (Å²) in [6, 6.07) is 5.44. The first-order chi connectivity index (χ1) is 10.9. The zero-order chi connectivity index (χ0) is 17.0. The Labute approximate surface area is 148 Å². The van der Waals surface area contributed by atoms with Gasteiger partial charge in [0.2, 0.25) is 5.91 Å². The quantitative estimate of drug-likeness (QED) is 0.898. The van der Waals surface area contributed by atoms with Gasteiger partial charge in [-0.3, -0.25) is 9.59 Å². The molecule has 24 heavy (non-hydrogen) atoms. The maximum atomic E-state index is 13.8. The monoisotopic (exact) mass is 357 g/mol. The van der Waals surface area contributed by atoms with E-state index in [1.54, 1.807) is 21.9 Å². The van der Waals surface area contributed by atoms with Crippen LogP contribution in [0.4, 0.5) is 4.39 Å². The normalized spacial score (nSPS) is 16.4. The number of nitrogens with two attached hydrogens (primary N) is 1. The summed E-state index contributed by atoms with van der Waals surface area (Å²) in [7, 11) is 0. The number of carbonyl (C=O) groups excluding carboxylic acids is 2. The van der Waals surface area contributed by atoms with E-state index >= 15 is 0 Å². The summed E-state index contributed by atoms with van der Waals surface area (Å²) >= 11 is 0. The summed E-state index contributed by atoms with van der Waals surface area (Å²) in [6.07, 6.45) is 0.663. The Hall–Kier alpha value is -1.66. The number of hydrogen-bond acceptors (Lipinski definition) is 3. The molecule has 0 aromatic heterocycles. The van der Waals surface area contributed by atoms with Crippen LogP contribution in [0.15, 0.2) is 24.3 Å². The van der Waals surface area contributed by atoms with Gasteiger partial charge in [0, 0.05) is 26.2 Å². The smallest absolute Gasteiger partial charge is 0.256 e. The van der Waals surface area contributed by atoms with Crippen LogP contribution in [0.1, 0.15) is 30.6 Å². The SMILES string of the molecule is CC(C)[C@H](N)C(=O)N1CCCN(C(=O)c2ccccc2F)CC1.Cl. The van der Waals surface area contributed by atoms with Gasteiger partial charge >= 0.3 is 0 Å². The lowest BCUT2D eigenvalue weighted by Crippen LogP contribution is -2.47. The van der Waals surface area contributed by atoms with Gasteiger partial charge in [0.25, 0.3) is 5.91 Å². The van der Waals surface area contributed by atoms with Gasteiger partial charge in [-0.05, 0) is 24.5 Å². The van der Waals surface area contributed by atoms with E-state index in [0.717, 1.165) is 0 Å². The number of benzene rings is 1. The molecule has 0 radical (unpaired) electrons. The van der Waals surface area contributed by atoms with Crippen molar-refractivity contribution in [2.45, 2.75) is 26.3 Å². The van der Waals surface area contributed by atoms with Gasteiger partial charge in [0.05, 0.1) is 11.6 Å². The van der Waals surface area contributed by atoms with E-state index in [0.29, 0.717) is 32.6 Å². The van der Waals surface area contributed by atoms with Gasteiger partial charge in [0.15, 0.2) is 0 Å². The van der Waals surface area contributed by atoms with Crippen LogP contribution in [-0.4, -0.2) is 53.8 Å². The molecule has 1 fully saturated rings. The van der Waals surface area contributed by atoms with Crippen LogP contribution >= 0.6 is 12.4 Å². The van der Waals surface area contributed by atoms with Gasteiger partial charge in [-0.1, -0.05) is 26.0 Å². The lowest BCUT2D eigenvalue weighted by atomic mass is 10.0. The molecule has 1 heterocycles. The fourth-order valence-corrected chi connectivity index (χ4v) is 2.64. The molecule has 134 valence electrons. The summed E-state index contributed by atoms with van der Waals surface area (Å²) in [5.41, 5.74) is 6.00. The van der Waals surface area contributed by atoms with Crippen molar-refractivity contribution in [1.82, 2.24) is 9.80 Å². The van der Waals surface area contributed by atoms with E-state index in [4.69, 9.17) is 5.73 Å². The second kappa shape index (κ2) is 8.99. The first-order valence-electron chi connectivity index (χ1n) is 8.00. The second-order valence-electron chi connectivity index (χ2n) is 6.22. The summed E-state index contributed by atoms with van der Waals surface area (Å²) in [5.74, 6) is -0.857. The van der Waals surface area contributed by atoms with Gasteiger partial charge in [0.1, 0.15) is 5.82 Å². The summed E-state index contributed by atoms with van der Waals surface area (Å²) < 4.78 is 13.8. The van der Waals surface area contributed by atoms with Crippen LogP contribution < -0.4 is 5.73 Å². The van der Waals surface area contributed by atoms with Crippen molar-refractivity contribution in [3.05, 3.63) is 35.6 Å². The number of nitrogens with zero attached hydrogens (tertiary/aromatic N) is 2. The molecule has 0 saturated carbocycles. The Morgan fingerprint density at radius 1 is 1.08 bits per heavy atom. The van der Waals surface area contributed by atoms with Gasteiger partial charge in [-0.2, -0.15) is 0 Å². The fraction of sp³-hybridized carbons (Fsp3) is 0.529. The second-order valence-corrected chi connectivity index (χ2v) is 6.22. The average molecular weight is 358 g/mol. The zero-order valence-electron chi connectivity index (χ0n) is 14.1. The zero-order valence-corrected chi connectivity index (χ0v) is 14.9. The molecule has 0 unspecified atom stereocenters. The van der Waals surface area contributed by atoms with Crippen molar-refractivity contribution in [1.29, 1.82) is 0 Å². The number of hydrogen-bond donors (Lipinski definition) is 1. The Bertz CT molecular complexity index is 583. The van der Waals surface area contributed by atoms with Gasteiger partial charge in [-0.15, -0.1) is 12.4 Å². The predicted molar refractivity (Wildman–Crippen MR) is 93.6 cm³/mol. The van der Waals surface area contributed by atoms with Crippen LogP contribution in [0.5, 0.6) is 0 Å². The van der Waals surface area contributed by atoms with Crippen LogP contribution in [0.2, 0.25) is 0 Å². The molecule has 0 spiro atoms. The lowest BCUT2D eigenvalue weighted by molar-refractivity contribution is -0.133. The summed E-state index contributed by atoms with van der Waals surface area (Å²) in [4.78, 5) is 28.1. The Morgan fingerprint density at radius 3 is 2.29 bits per heavy atom. The minimum absolute atomic E-state index is 0. The fourth-order valence-electron chi connectivity index (χ4n) is 2.64. The largest absolute Gasteiger partial charge is 0.340 e. The highest BCUT2D eigenvalue weighted by Crippen LogP contribution is 2.13. The van der Waals surface area contributed by atoms with E-state index < -0.39 is 11.9 Å². The number of halogens is 2. The first kappa shape index (κ1) is 20.4. The van der Waals surface area contributed by atoms with Crippen molar-refractivity contribution < 1.29 is 14.0 Å². The van der Waals surface area contributed by atoms with E-state index in [1.807, 2.05) is 13.8 Å². The van der Waals surface area contributed by atoms with Crippen molar-refractivity contribution in [3.63, 3.8) is 0 Å². The molecule has 2 amide bonds. The molecule has 5 nitrogen and oxygen atoms in total. The topological polar surface area (TPSA) is 66.6 Å². The van der Waals surface area contributed by atoms with Gasteiger partial charge < -0.3 is 15.5 Å². The molecule has 1 saturated heterocycles. The number of rotatable bonds is 3. The van der Waals surface area contributed by atoms with E-state index in [-0.39, 0.29) is 35.7 Å². The van der Waals surface area contributed by atoms with Crippen molar-refractivity contribution in [3.8, 4) is 0 Å². The molecule has 2 N–H and O–H groups in total. The first-order valence-corrected chi connectivity index (χ1v) is 8.00. The van der Waals surface area contributed by atoms with Crippen molar-refractivity contribution in [2.75, 3.05) is 26.2 Å². The third kappa shape index (κ3) is 4.68. The highest BCUT2D eigenvalue weighted by Gasteiger charge is 2.27. The molecule has 7 heteroatoms. The highest BCUT2D eigenvalue weighted by molar-refractivity contribution is 5.94. The van der Waals surface area contributed by atoms with Crippen LogP contribution in [0.3, 0.4) is 0 Å². The maximum absolute atomic E-state index is 13.8.